The zero-order chi connectivity index (χ0) is 17.5. The molecule has 1 heterocycles. The minimum Gasteiger partial charge on any atom is -0.484 e. The molecule has 2 amide bonds. The van der Waals surface area contributed by atoms with Crippen LogP contribution in [-0.4, -0.2) is 42.5 Å². The van der Waals surface area contributed by atoms with E-state index < -0.39 is 5.91 Å². The average Bonchev–Trinajstić information content (AvgIpc) is 2.58. The fourth-order valence-corrected chi connectivity index (χ4v) is 3.11. The molecule has 0 bridgehead atoms. The highest BCUT2D eigenvalue weighted by atomic mass is 16.5. The van der Waals surface area contributed by atoms with Gasteiger partial charge in [0, 0.05) is 32.6 Å². The summed E-state index contributed by atoms with van der Waals surface area (Å²) in [7, 11) is 0. The van der Waals surface area contributed by atoms with Crippen molar-refractivity contribution in [2.75, 3.05) is 19.7 Å². The second-order valence-electron chi connectivity index (χ2n) is 6.31. The molecule has 3 N–H and O–H groups in total. The second-order valence-corrected chi connectivity index (χ2v) is 6.31. The highest BCUT2D eigenvalue weighted by Gasteiger charge is 2.28. The first-order chi connectivity index (χ1) is 11.5. The third-order valence-electron chi connectivity index (χ3n) is 4.58. The Bertz CT molecular complexity index is 559. The van der Waals surface area contributed by atoms with Gasteiger partial charge < -0.3 is 20.7 Å². The molecule has 1 fully saturated rings. The molecule has 1 aliphatic rings. The molecule has 1 saturated heterocycles. The summed E-state index contributed by atoms with van der Waals surface area (Å²) in [6.45, 7) is 6.14. The summed E-state index contributed by atoms with van der Waals surface area (Å²) in [5, 5.41) is 3.62. The summed E-state index contributed by atoms with van der Waals surface area (Å²) in [6.07, 6.45) is 2.04. The van der Waals surface area contributed by atoms with Crippen LogP contribution < -0.4 is 15.8 Å². The van der Waals surface area contributed by atoms with Crippen molar-refractivity contribution in [3.8, 4) is 5.75 Å². The third kappa shape index (κ3) is 5.23. The van der Waals surface area contributed by atoms with Gasteiger partial charge in [-0.3, -0.25) is 9.59 Å². The number of amides is 2. The van der Waals surface area contributed by atoms with E-state index in [0.29, 0.717) is 17.7 Å². The molecular formula is C18H27N3O3. The van der Waals surface area contributed by atoms with E-state index in [0.717, 1.165) is 38.0 Å². The molecule has 0 aliphatic carbocycles. The van der Waals surface area contributed by atoms with Gasteiger partial charge in [-0.2, -0.15) is 0 Å². The van der Waals surface area contributed by atoms with Crippen LogP contribution in [0.5, 0.6) is 5.75 Å². The Morgan fingerprint density at radius 3 is 2.62 bits per heavy atom. The maximum atomic E-state index is 11.5. The summed E-state index contributed by atoms with van der Waals surface area (Å²) < 4.78 is 5.25. The number of carbonyl (C=O) groups excluding carboxylic acids is 2. The lowest BCUT2D eigenvalue weighted by atomic mass is 9.89. The smallest absolute Gasteiger partial charge is 0.255 e. The number of likely N-dealkylation sites (tertiary alicyclic amines) is 1. The number of hydrogen-bond acceptors (Lipinski definition) is 4. The van der Waals surface area contributed by atoms with Gasteiger partial charge in [-0.1, -0.05) is 25.5 Å². The van der Waals surface area contributed by atoms with Crippen molar-refractivity contribution < 1.29 is 14.3 Å². The molecule has 2 rings (SSSR count). The Morgan fingerprint density at radius 1 is 1.33 bits per heavy atom. The minimum atomic E-state index is -0.483. The maximum absolute atomic E-state index is 11.5. The van der Waals surface area contributed by atoms with Gasteiger partial charge in [0.2, 0.25) is 5.91 Å². The van der Waals surface area contributed by atoms with Crippen molar-refractivity contribution >= 4 is 11.8 Å². The van der Waals surface area contributed by atoms with Gasteiger partial charge in [0.15, 0.2) is 6.61 Å². The molecule has 2 unspecified atom stereocenters. The molecule has 132 valence electrons. The zero-order valence-electron chi connectivity index (χ0n) is 14.5. The average molecular weight is 333 g/mol. The molecule has 1 aromatic carbocycles. The SMILES string of the molecule is CCC1CN(C(C)=O)CCC1NCc1ccc(OCC(N)=O)cc1. The number of nitrogens with one attached hydrogen (secondary N) is 1. The van der Waals surface area contributed by atoms with E-state index in [4.69, 9.17) is 10.5 Å². The van der Waals surface area contributed by atoms with Crippen LogP contribution in [0, 0.1) is 5.92 Å². The van der Waals surface area contributed by atoms with Crippen molar-refractivity contribution in [1.82, 2.24) is 10.2 Å². The third-order valence-corrected chi connectivity index (χ3v) is 4.58. The minimum absolute atomic E-state index is 0.107. The number of piperidine rings is 1. The van der Waals surface area contributed by atoms with Crippen LogP contribution in [0.1, 0.15) is 32.3 Å². The van der Waals surface area contributed by atoms with E-state index in [1.807, 2.05) is 29.2 Å². The van der Waals surface area contributed by atoms with Gasteiger partial charge >= 0.3 is 0 Å². The zero-order valence-corrected chi connectivity index (χ0v) is 14.5. The fraction of sp³-hybridized carbons (Fsp3) is 0.556. The normalized spacial score (nSPS) is 20.7. The predicted octanol–water partition coefficient (Wildman–Crippen LogP) is 1.29. The highest BCUT2D eigenvalue weighted by Crippen LogP contribution is 2.21. The predicted molar refractivity (Wildman–Crippen MR) is 92.4 cm³/mol. The summed E-state index contributed by atoms with van der Waals surface area (Å²) >= 11 is 0. The van der Waals surface area contributed by atoms with Crippen molar-refractivity contribution in [2.45, 2.75) is 39.3 Å². The van der Waals surface area contributed by atoms with Gasteiger partial charge in [-0.05, 0) is 30.0 Å². The molecule has 6 nitrogen and oxygen atoms in total. The summed E-state index contributed by atoms with van der Waals surface area (Å²) in [5.41, 5.74) is 6.21. The summed E-state index contributed by atoms with van der Waals surface area (Å²) in [6, 6.07) is 8.08. The number of nitrogens with two attached hydrogens (primary N) is 1. The Hall–Kier alpha value is -2.08. The second kappa shape index (κ2) is 8.68. The highest BCUT2D eigenvalue weighted by molar-refractivity contribution is 5.75. The Morgan fingerprint density at radius 2 is 2.04 bits per heavy atom. The van der Waals surface area contributed by atoms with Crippen LogP contribution in [0.3, 0.4) is 0 Å². The largest absolute Gasteiger partial charge is 0.484 e. The molecule has 1 aromatic rings. The summed E-state index contributed by atoms with van der Waals surface area (Å²) in [4.78, 5) is 24.2. The first-order valence-corrected chi connectivity index (χ1v) is 8.48. The molecular weight excluding hydrogens is 306 g/mol. The van der Waals surface area contributed by atoms with Gasteiger partial charge in [-0.25, -0.2) is 0 Å². The first kappa shape index (κ1) is 18.3. The molecule has 6 heteroatoms. The van der Waals surface area contributed by atoms with Gasteiger partial charge in [0.05, 0.1) is 0 Å². The van der Waals surface area contributed by atoms with E-state index in [9.17, 15) is 9.59 Å². The lowest BCUT2D eigenvalue weighted by Crippen LogP contribution is -2.50. The van der Waals surface area contributed by atoms with Crippen LogP contribution >= 0.6 is 0 Å². The van der Waals surface area contributed by atoms with E-state index in [1.165, 1.54) is 0 Å². The Labute approximate surface area is 143 Å². The van der Waals surface area contributed by atoms with Crippen molar-refractivity contribution in [3.05, 3.63) is 29.8 Å². The Balaban J connectivity index is 1.84. The van der Waals surface area contributed by atoms with Gasteiger partial charge in [-0.15, -0.1) is 0 Å². The molecule has 24 heavy (non-hydrogen) atoms. The summed E-state index contributed by atoms with van der Waals surface area (Å²) in [5.74, 6) is 0.807. The molecule has 0 aromatic heterocycles. The standard InChI is InChI=1S/C18H27N3O3/c1-3-15-11-21(13(2)22)9-8-17(15)20-10-14-4-6-16(7-5-14)24-12-18(19)23/h4-7,15,17,20H,3,8-12H2,1-2H3,(H2,19,23). The quantitative estimate of drug-likeness (QED) is 0.787. The van der Waals surface area contributed by atoms with Crippen LogP contribution in [-0.2, 0) is 16.1 Å². The first-order valence-electron chi connectivity index (χ1n) is 8.48. The lowest BCUT2D eigenvalue weighted by Gasteiger charge is -2.38. The monoisotopic (exact) mass is 333 g/mol. The molecule has 1 aliphatic heterocycles. The fourth-order valence-electron chi connectivity index (χ4n) is 3.11. The number of benzene rings is 1. The van der Waals surface area contributed by atoms with E-state index in [2.05, 4.69) is 12.2 Å². The number of rotatable bonds is 7. The van der Waals surface area contributed by atoms with Crippen LogP contribution in [0.4, 0.5) is 0 Å². The van der Waals surface area contributed by atoms with Crippen molar-refractivity contribution in [1.29, 1.82) is 0 Å². The van der Waals surface area contributed by atoms with E-state index in [-0.39, 0.29) is 12.5 Å². The van der Waals surface area contributed by atoms with E-state index >= 15 is 0 Å². The van der Waals surface area contributed by atoms with Crippen molar-refractivity contribution in [3.63, 3.8) is 0 Å². The number of nitrogens with zero attached hydrogens (tertiary/aromatic N) is 1. The maximum Gasteiger partial charge on any atom is 0.255 e. The van der Waals surface area contributed by atoms with Gasteiger partial charge in [0.1, 0.15) is 5.75 Å². The number of carbonyl (C=O) groups is 2. The topological polar surface area (TPSA) is 84.7 Å². The number of hydrogen-bond donors (Lipinski definition) is 2. The molecule has 0 saturated carbocycles. The van der Waals surface area contributed by atoms with Crippen LogP contribution in [0.2, 0.25) is 0 Å². The van der Waals surface area contributed by atoms with Crippen LogP contribution in [0.25, 0.3) is 0 Å². The molecule has 2 atom stereocenters. The van der Waals surface area contributed by atoms with E-state index in [1.54, 1.807) is 6.92 Å². The number of ether oxygens (including phenoxy) is 1. The van der Waals surface area contributed by atoms with Crippen LogP contribution in [0.15, 0.2) is 24.3 Å². The van der Waals surface area contributed by atoms with Crippen molar-refractivity contribution in [2.24, 2.45) is 11.7 Å². The molecule has 0 spiro atoms. The number of primary amides is 1. The molecule has 0 radical (unpaired) electrons. The lowest BCUT2D eigenvalue weighted by molar-refractivity contribution is -0.131. The van der Waals surface area contributed by atoms with Gasteiger partial charge in [0.25, 0.3) is 5.91 Å². The Kier molecular flexibility index (Phi) is 6.61.